The molecule has 0 atom stereocenters. The maximum Gasteiger partial charge on any atom is 0.303 e. The lowest BCUT2D eigenvalue weighted by atomic mass is 10.0. The van der Waals surface area contributed by atoms with E-state index in [-0.39, 0.29) is 6.42 Å². The number of benzene rings is 1. The van der Waals surface area contributed by atoms with Crippen LogP contribution >= 0.6 is 0 Å². The highest BCUT2D eigenvalue weighted by Gasteiger charge is 2.06. The van der Waals surface area contributed by atoms with Crippen molar-refractivity contribution in [2.75, 3.05) is 11.9 Å². The van der Waals surface area contributed by atoms with Gasteiger partial charge in [-0.3, -0.25) is 4.79 Å². The molecular formula is C17H21N3O2. The summed E-state index contributed by atoms with van der Waals surface area (Å²) in [6, 6.07) is 8.21. The third-order valence-electron chi connectivity index (χ3n) is 3.51. The van der Waals surface area contributed by atoms with Crippen molar-refractivity contribution in [3.8, 4) is 11.3 Å². The molecule has 2 aromatic rings. The maximum absolute atomic E-state index is 10.5. The lowest BCUT2D eigenvalue weighted by Crippen LogP contribution is -2.08. The van der Waals surface area contributed by atoms with E-state index >= 15 is 0 Å². The minimum Gasteiger partial charge on any atom is -0.481 e. The molecule has 0 aliphatic rings. The molecule has 0 aliphatic carbocycles. The van der Waals surface area contributed by atoms with Crippen molar-refractivity contribution in [3.63, 3.8) is 0 Å². The van der Waals surface area contributed by atoms with Crippen LogP contribution in [-0.4, -0.2) is 27.6 Å². The van der Waals surface area contributed by atoms with Gasteiger partial charge in [-0.15, -0.1) is 0 Å². The Kier molecular flexibility index (Phi) is 5.09. The Bertz CT molecular complexity index is 684. The van der Waals surface area contributed by atoms with Gasteiger partial charge in [-0.2, -0.15) is 0 Å². The predicted octanol–water partition coefficient (Wildman–Crippen LogP) is 3.35. The SMILES string of the molecule is Cc1cc(-c2ccc(C)c(C)c2)nc(NCCCC(=O)O)n1. The fourth-order valence-electron chi connectivity index (χ4n) is 2.14. The van der Waals surface area contributed by atoms with Gasteiger partial charge in [0.2, 0.25) is 5.95 Å². The summed E-state index contributed by atoms with van der Waals surface area (Å²) in [6.07, 6.45) is 0.689. The maximum atomic E-state index is 10.5. The third kappa shape index (κ3) is 4.28. The molecule has 0 unspecified atom stereocenters. The van der Waals surface area contributed by atoms with E-state index in [0.717, 1.165) is 17.0 Å². The van der Waals surface area contributed by atoms with E-state index in [2.05, 4.69) is 47.3 Å². The van der Waals surface area contributed by atoms with Gasteiger partial charge in [-0.05, 0) is 50.5 Å². The highest BCUT2D eigenvalue weighted by Crippen LogP contribution is 2.22. The molecule has 0 saturated carbocycles. The van der Waals surface area contributed by atoms with Gasteiger partial charge in [-0.25, -0.2) is 9.97 Å². The fraction of sp³-hybridized carbons (Fsp3) is 0.353. The Labute approximate surface area is 130 Å². The number of aromatic nitrogens is 2. The second kappa shape index (κ2) is 7.02. The van der Waals surface area contributed by atoms with Crippen molar-refractivity contribution < 1.29 is 9.90 Å². The first kappa shape index (κ1) is 15.9. The highest BCUT2D eigenvalue weighted by atomic mass is 16.4. The molecule has 5 heteroatoms. The Hall–Kier alpha value is -2.43. The molecule has 0 fully saturated rings. The molecule has 0 aliphatic heterocycles. The Morgan fingerprint density at radius 1 is 1.14 bits per heavy atom. The first-order chi connectivity index (χ1) is 10.5. The molecule has 2 rings (SSSR count). The number of hydrogen-bond donors (Lipinski definition) is 2. The molecular weight excluding hydrogens is 278 g/mol. The molecule has 22 heavy (non-hydrogen) atoms. The molecule has 1 aromatic carbocycles. The van der Waals surface area contributed by atoms with Crippen molar-refractivity contribution in [2.45, 2.75) is 33.6 Å². The number of anilines is 1. The van der Waals surface area contributed by atoms with E-state index in [1.54, 1.807) is 0 Å². The fourth-order valence-corrected chi connectivity index (χ4v) is 2.14. The van der Waals surface area contributed by atoms with Gasteiger partial charge >= 0.3 is 5.97 Å². The summed E-state index contributed by atoms with van der Waals surface area (Å²) in [7, 11) is 0. The van der Waals surface area contributed by atoms with Crippen LogP contribution in [-0.2, 0) is 4.79 Å². The van der Waals surface area contributed by atoms with Crippen molar-refractivity contribution in [3.05, 3.63) is 41.1 Å². The molecule has 0 bridgehead atoms. The smallest absolute Gasteiger partial charge is 0.303 e. The second-order valence-corrected chi connectivity index (χ2v) is 5.44. The number of carbonyl (C=O) groups is 1. The van der Waals surface area contributed by atoms with Gasteiger partial charge in [0, 0.05) is 24.2 Å². The molecule has 0 amide bonds. The van der Waals surface area contributed by atoms with Crippen molar-refractivity contribution in [1.82, 2.24) is 9.97 Å². The van der Waals surface area contributed by atoms with Crippen molar-refractivity contribution in [2.24, 2.45) is 0 Å². The van der Waals surface area contributed by atoms with Crippen LogP contribution in [0.4, 0.5) is 5.95 Å². The summed E-state index contributed by atoms with van der Waals surface area (Å²) in [5, 5.41) is 11.7. The van der Waals surface area contributed by atoms with Crippen LogP contribution in [0.1, 0.15) is 29.7 Å². The summed E-state index contributed by atoms with van der Waals surface area (Å²) < 4.78 is 0. The summed E-state index contributed by atoms with van der Waals surface area (Å²) >= 11 is 0. The number of nitrogens with zero attached hydrogens (tertiary/aromatic N) is 2. The summed E-state index contributed by atoms with van der Waals surface area (Å²) in [5.41, 5.74) is 5.29. The largest absolute Gasteiger partial charge is 0.481 e. The van der Waals surface area contributed by atoms with Crippen LogP contribution in [0.25, 0.3) is 11.3 Å². The first-order valence-electron chi connectivity index (χ1n) is 7.34. The number of carboxylic acids is 1. The van der Waals surface area contributed by atoms with Gasteiger partial charge < -0.3 is 10.4 Å². The summed E-state index contributed by atoms with van der Waals surface area (Å²) in [5.74, 6) is -0.249. The van der Waals surface area contributed by atoms with Crippen LogP contribution < -0.4 is 5.32 Å². The molecule has 1 aromatic heterocycles. The molecule has 5 nitrogen and oxygen atoms in total. The quantitative estimate of drug-likeness (QED) is 0.800. The van der Waals surface area contributed by atoms with Crippen LogP contribution in [0, 0.1) is 20.8 Å². The summed E-state index contributed by atoms with van der Waals surface area (Å²) in [4.78, 5) is 19.4. The predicted molar refractivity (Wildman–Crippen MR) is 87.0 cm³/mol. The van der Waals surface area contributed by atoms with Gasteiger partial charge in [0.05, 0.1) is 5.69 Å². The number of rotatable bonds is 6. The van der Waals surface area contributed by atoms with Gasteiger partial charge in [0.1, 0.15) is 0 Å². The van der Waals surface area contributed by atoms with Gasteiger partial charge in [-0.1, -0.05) is 12.1 Å². The number of aliphatic carboxylic acids is 1. The average Bonchev–Trinajstić information content (AvgIpc) is 2.46. The minimum atomic E-state index is -0.789. The van der Waals surface area contributed by atoms with Crippen LogP contribution in [0.2, 0.25) is 0 Å². The molecule has 116 valence electrons. The Morgan fingerprint density at radius 2 is 1.91 bits per heavy atom. The van der Waals surface area contributed by atoms with E-state index in [4.69, 9.17) is 5.11 Å². The van der Waals surface area contributed by atoms with Gasteiger partial charge in [0.15, 0.2) is 0 Å². The summed E-state index contributed by atoms with van der Waals surface area (Å²) in [6.45, 7) is 6.63. The van der Waals surface area contributed by atoms with E-state index in [0.29, 0.717) is 18.9 Å². The van der Waals surface area contributed by atoms with E-state index in [1.165, 1.54) is 11.1 Å². The van der Waals surface area contributed by atoms with Gasteiger partial charge in [0.25, 0.3) is 0 Å². The second-order valence-electron chi connectivity index (χ2n) is 5.44. The van der Waals surface area contributed by atoms with E-state index in [1.807, 2.05) is 13.0 Å². The number of carboxylic acid groups (broad SMARTS) is 1. The molecule has 0 radical (unpaired) electrons. The van der Waals surface area contributed by atoms with Crippen molar-refractivity contribution in [1.29, 1.82) is 0 Å². The standard InChI is InChI=1S/C17H21N3O2/c1-11-6-7-14(9-12(11)2)15-10-13(3)19-17(20-15)18-8-4-5-16(21)22/h6-7,9-10H,4-5,8H2,1-3H3,(H,21,22)(H,18,19,20). The third-order valence-corrected chi connectivity index (χ3v) is 3.51. The monoisotopic (exact) mass is 299 g/mol. The lowest BCUT2D eigenvalue weighted by molar-refractivity contribution is -0.137. The Morgan fingerprint density at radius 3 is 2.59 bits per heavy atom. The lowest BCUT2D eigenvalue weighted by Gasteiger charge is -2.09. The first-order valence-corrected chi connectivity index (χ1v) is 7.34. The van der Waals surface area contributed by atoms with Crippen LogP contribution in [0.15, 0.2) is 24.3 Å². The molecule has 2 N–H and O–H groups in total. The van der Waals surface area contributed by atoms with E-state index in [9.17, 15) is 4.79 Å². The van der Waals surface area contributed by atoms with E-state index < -0.39 is 5.97 Å². The van der Waals surface area contributed by atoms with Crippen LogP contribution in [0.3, 0.4) is 0 Å². The zero-order valence-electron chi connectivity index (χ0n) is 13.2. The average molecular weight is 299 g/mol. The van der Waals surface area contributed by atoms with Crippen LogP contribution in [0.5, 0.6) is 0 Å². The highest BCUT2D eigenvalue weighted by molar-refractivity contribution is 5.66. The topological polar surface area (TPSA) is 75.1 Å². The molecule has 0 saturated heterocycles. The zero-order valence-corrected chi connectivity index (χ0v) is 13.2. The number of hydrogen-bond acceptors (Lipinski definition) is 4. The minimum absolute atomic E-state index is 0.142. The number of aryl methyl sites for hydroxylation is 3. The van der Waals surface area contributed by atoms with Crippen molar-refractivity contribution >= 4 is 11.9 Å². The Balaban J connectivity index is 2.15. The normalized spacial score (nSPS) is 10.5. The molecule has 1 heterocycles. The number of nitrogens with one attached hydrogen (secondary N) is 1. The molecule has 0 spiro atoms. The zero-order chi connectivity index (χ0) is 16.1.